The number of rotatable bonds is 6. The molecule has 4 rings (SSSR count). The summed E-state index contributed by atoms with van der Waals surface area (Å²) in [6.45, 7) is 2.17. The predicted octanol–water partition coefficient (Wildman–Crippen LogP) is 2.26. The second-order valence-electron chi connectivity index (χ2n) is 5.67. The Balaban J connectivity index is 1.51. The molecule has 9 heteroatoms. The number of nitrogens with zero attached hydrogens (tertiary/aromatic N) is 5. The molecule has 0 saturated heterocycles. The Kier molecular flexibility index (Phi) is 4.48. The van der Waals surface area contributed by atoms with Gasteiger partial charge in [-0.2, -0.15) is 4.98 Å². The summed E-state index contributed by atoms with van der Waals surface area (Å²) in [5, 5.41) is 15.0. The van der Waals surface area contributed by atoms with E-state index in [1.54, 1.807) is 28.9 Å². The molecule has 0 aliphatic heterocycles. The highest BCUT2D eigenvalue weighted by Crippen LogP contribution is 2.22. The van der Waals surface area contributed by atoms with Gasteiger partial charge in [0.15, 0.2) is 17.3 Å². The van der Waals surface area contributed by atoms with Crippen LogP contribution in [0.2, 0.25) is 0 Å². The molecule has 1 amide bonds. The molecule has 0 aromatic carbocycles. The van der Waals surface area contributed by atoms with Crippen molar-refractivity contribution in [3.05, 3.63) is 60.2 Å². The van der Waals surface area contributed by atoms with E-state index in [0.29, 0.717) is 40.9 Å². The Bertz CT molecular complexity index is 1090. The summed E-state index contributed by atoms with van der Waals surface area (Å²) in [7, 11) is 0. The zero-order valence-corrected chi connectivity index (χ0v) is 14.5. The summed E-state index contributed by atoms with van der Waals surface area (Å²) in [6, 6.07) is 7.19. The van der Waals surface area contributed by atoms with Crippen molar-refractivity contribution in [3.63, 3.8) is 0 Å². The molecule has 0 saturated carbocycles. The number of carbonyl (C=O) groups is 1. The Morgan fingerprint density at radius 1 is 1.30 bits per heavy atom. The standard InChI is InChI=1S/C18H16N6O3/c1-2-14-20-18(27-23-14)13-6-3-9-24-15(21-22-17(13)24)11-19-16(25)8-7-12-5-4-10-26-12/h3-10H,2,11H2,1H3,(H,19,25). The molecule has 4 aromatic rings. The summed E-state index contributed by atoms with van der Waals surface area (Å²) in [4.78, 5) is 16.3. The number of hydrogen-bond donors (Lipinski definition) is 1. The molecule has 9 nitrogen and oxygen atoms in total. The number of amides is 1. The van der Waals surface area contributed by atoms with Gasteiger partial charge in [-0.15, -0.1) is 10.2 Å². The van der Waals surface area contributed by atoms with E-state index in [2.05, 4.69) is 25.7 Å². The maximum atomic E-state index is 12.0. The first-order valence-electron chi connectivity index (χ1n) is 8.39. The van der Waals surface area contributed by atoms with Crippen molar-refractivity contribution in [2.75, 3.05) is 0 Å². The second-order valence-corrected chi connectivity index (χ2v) is 5.67. The number of furan rings is 1. The summed E-state index contributed by atoms with van der Waals surface area (Å²) in [5.41, 5.74) is 1.27. The number of hydrogen-bond acceptors (Lipinski definition) is 7. The summed E-state index contributed by atoms with van der Waals surface area (Å²) in [5.74, 6) is 1.95. The SMILES string of the molecule is CCc1noc(-c2cccn3c(CNC(=O)C=Cc4ccco4)nnc23)n1. The molecule has 0 aliphatic rings. The predicted molar refractivity (Wildman–Crippen MR) is 95.2 cm³/mol. The van der Waals surface area contributed by atoms with Gasteiger partial charge in [-0.05, 0) is 30.3 Å². The van der Waals surface area contributed by atoms with Crippen LogP contribution in [0.5, 0.6) is 0 Å². The third-order valence-corrected chi connectivity index (χ3v) is 3.88. The number of aromatic nitrogens is 5. The summed E-state index contributed by atoms with van der Waals surface area (Å²) >= 11 is 0. The molecule has 0 bridgehead atoms. The molecular weight excluding hydrogens is 348 g/mol. The highest BCUT2D eigenvalue weighted by molar-refractivity contribution is 5.91. The molecule has 0 fully saturated rings. The number of nitrogens with one attached hydrogen (secondary N) is 1. The van der Waals surface area contributed by atoms with E-state index in [9.17, 15) is 4.79 Å². The number of fused-ring (bicyclic) bond motifs is 1. The van der Waals surface area contributed by atoms with Crippen molar-refractivity contribution in [2.24, 2.45) is 0 Å². The highest BCUT2D eigenvalue weighted by atomic mass is 16.5. The lowest BCUT2D eigenvalue weighted by molar-refractivity contribution is -0.116. The van der Waals surface area contributed by atoms with Crippen molar-refractivity contribution in [2.45, 2.75) is 19.9 Å². The second kappa shape index (κ2) is 7.24. The molecule has 27 heavy (non-hydrogen) atoms. The van der Waals surface area contributed by atoms with Crippen molar-refractivity contribution in [3.8, 4) is 11.5 Å². The summed E-state index contributed by atoms with van der Waals surface area (Å²) < 4.78 is 12.2. The lowest BCUT2D eigenvalue weighted by Gasteiger charge is -2.02. The van der Waals surface area contributed by atoms with Gasteiger partial charge in [0, 0.05) is 18.7 Å². The lowest BCUT2D eigenvalue weighted by Crippen LogP contribution is -2.21. The highest BCUT2D eigenvalue weighted by Gasteiger charge is 2.15. The molecule has 0 atom stereocenters. The zero-order chi connectivity index (χ0) is 18.6. The van der Waals surface area contributed by atoms with Gasteiger partial charge in [0.05, 0.1) is 18.4 Å². The maximum Gasteiger partial charge on any atom is 0.261 e. The molecular formula is C18H16N6O3. The van der Waals surface area contributed by atoms with Crippen molar-refractivity contribution < 1.29 is 13.7 Å². The quantitative estimate of drug-likeness (QED) is 0.522. The normalized spacial score (nSPS) is 11.4. The Hall–Kier alpha value is -3.75. The lowest BCUT2D eigenvalue weighted by atomic mass is 10.2. The van der Waals surface area contributed by atoms with E-state index in [-0.39, 0.29) is 12.5 Å². The number of pyridine rings is 1. The van der Waals surface area contributed by atoms with E-state index in [1.165, 1.54) is 6.08 Å². The Morgan fingerprint density at radius 3 is 3.00 bits per heavy atom. The van der Waals surface area contributed by atoms with Gasteiger partial charge in [-0.3, -0.25) is 9.20 Å². The molecule has 1 N–H and O–H groups in total. The van der Waals surface area contributed by atoms with Crippen LogP contribution < -0.4 is 5.32 Å². The van der Waals surface area contributed by atoms with Crippen LogP contribution in [0.1, 0.15) is 24.3 Å². The smallest absolute Gasteiger partial charge is 0.261 e. The monoisotopic (exact) mass is 364 g/mol. The Labute approximate surface area is 153 Å². The van der Waals surface area contributed by atoms with Gasteiger partial charge in [-0.1, -0.05) is 12.1 Å². The van der Waals surface area contributed by atoms with Crippen molar-refractivity contribution >= 4 is 17.6 Å². The first-order chi connectivity index (χ1) is 13.2. The van der Waals surface area contributed by atoms with Crippen LogP contribution in [0.4, 0.5) is 0 Å². The third kappa shape index (κ3) is 3.47. The van der Waals surface area contributed by atoms with Gasteiger partial charge >= 0.3 is 0 Å². The minimum absolute atomic E-state index is 0.218. The summed E-state index contributed by atoms with van der Waals surface area (Å²) in [6.07, 6.45) is 7.04. The van der Waals surface area contributed by atoms with E-state index in [0.717, 1.165) is 0 Å². The van der Waals surface area contributed by atoms with Crippen molar-refractivity contribution in [1.82, 2.24) is 30.1 Å². The van der Waals surface area contributed by atoms with E-state index >= 15 is 0 Å². The van der Waals surface area contributed by atoms with Gasteiger partial charge in [0.1, 0.15) is 5.76 Å². The largest absolute Gasteiger partial charge is 0.465 e. The van der Waals surface area contributed by atoms with Crippen LogP contribution in [-0.2, 0) is 17.8 Å². The van der Waals surface area contributed by atoms with Crippen LogP contribution in [0.25, 0.3) is 23.2 Å². The first kappa shape index (κ1) is 16.7. The van der Waals surface area contributed by atoms with Crippen LogP contribution in [0, 0.1) is 0 Å². The fourth-order valence-electron chi connectivity index (χ4n) is 2.53. The van der Waals surface area contributed by atoms with Gasteiger partial charge in [0.2, 0.25) is 5.91 Å². The van der Waals surface area contributed by atoms with E-state index in [4.69, 9.17) is 8.94 Å². The molecule has 0 radical (unpaired) electrons. The molecule has 0 spiro atoms. The van der Waals surface area contributed by atoms with Gasteiger partial charge < -0.3 is 14.3 Å². The molecule has 4 aromatic heterocycles. The van der Waals surface area contributed by atoms with Crippen LogP contribution in [0.15, 0.2) is 51.7 Å². The minimum Gasteiger partial charge on any atom is -0.465 e. The topological polar surface area (TPSA) is 111 Å². The molecule has 0 aliphatic carbocycles. The van der Waals surface area contributed by atoms with E-state index in [1.807, 2.05) is 25.3 Å². The van der Waals surface area contributed by atoms with Gasteiger partial charge in [0.25, 0.3) is 5.89 Å². The zero-order valence-electron chi connectivity index (χ0n) is 14.5. The molecule has 0 unspecified atom stereocenters. The average molecular weight is 364 g/mol. The molecule has 4 heterocycles. The first-order valence-corrected chi connectivity index (χ1v) is 8.39. The van der Waals surface area contributed by atoms with Crippen LogP contribution in [-0.4, -0.2) is 30.6 Å². The Morgan fingerprint density at radius 2 is 2.22 bits per heavy atom. The van der Waals surface area contributed by atoms with Crippen LogP contribution in [0.3, 0.4) is 0 Å². The van der Waals surface area contributed by atoms with Crippen LogP contribution >= 0.6 is 0 Å². The minimum atomic E-state index is -0.260. The number of carbonyl (C=O) groups excluding carboxylic acids is 1. The van der Waals surface area contributed by atoms with Crippen molar-refractivity contribution in [1.29, 1.82) is 0 Å². The third-order valence-electron chi connectivity index (χ3n) is 3.88. The van der Waals surface area contributed by atoms with Gasteiger partial charge in [-0.25, -0.2) is 0 Å². The van der Waals surface area contributed by atoms with E-state index < -0.39 is 0 Å². The fraction of sp³-hybridized carbons (Fsp3) is 0.167. The maximum absolute atomic E-state index is 12.0. The fourth-order valence-corrected chi connectivity index (χ4v) is 2.53. The molecule has 136 valence electrons. The average Bonchev–Trinajstić information content (AvgIpc) is 3.45. The number of aryl methyl sites for hydroxylation is 1.